The number of aryl methyl sites for hydroxylation is 1. The lowest BCUT2D eigenvalue weighted by atomic mass is 9.73. The molecule has 6 heteroatoms. The molecule has 1 fully saturated rings. The maximum Gasteiger partial charge on any atom is 0.153 e. The van der Waals surface area contributed by atoms with Crippen molar-refractivity contribution in [1.82, 2.24) is 9.97 Å². The lowest BCUT2D eigenvalue weighted by molar-refractivity contribution is 0.187. The average molecular weight is 381 g/mol. The Balaban J connectivity index is 2.28. The van der Waals surface area contributed by atoms with Gasteiger partial charge in [-0.25, -0.2) is 9.97 Å². The molecule has 3 N–H and O–H groups in total. The fourth-order valence-electron chi connectivity index (χ4n) is 4.07. The summed E-state index contributed by atoms with van der Waals surface area (Å²) in [5, 5.41) is 9.88. The molecule has 0 bridgehead atoms. The van der Waals surface area contributed by atoms with E-state index < -0.39 is 0 Å². The molecule has 2 heterocycles. The van der Waals surface area contributed by atoms with Gasteiger partial charge in [-0.1, -0.05) is 32.8 Å². The van der Waals surface area contributed by atoms with Crippen molar-refractivity contribution >= 4 is 23.0 Å². The predicted molar refractivity (Wildman–Crippen MR) is 110 cm³/mol. The highest BCUT2D eigenvalue weighted by molar-refractivity contribution is 6.23. The lowest BCUT2D eigenvalue weighted by Gasteiger charge is -2.42. The first-order valence-electron chi connectivity index (χ1n) is 9.72. The molecule has 0 radical (unpaired) electrons. The number of aliphatic hydroxyl groups is 1. The highest BCUT2D eigenvalue weighted by atomic mass is 35.5. The molecule has 5 nitrogen and oxygen atoms in total. The first-order chi connectivity index (χ1) is 12.5. The molecule has 0 aliphatic carbocycles. The van der Waals surface area contributed by atoms with Crippen LogP contribution >= 0.6 is 11.6 Å². The Kier molecular flexibility index (Phi) is 7.86. The third-order valence-corrected chi connectivity index (χ3v) is 6.03. The van der Waals surface area contributed by atoms with Gasteiger partial charge in [0.05, 0.1) is 18.0 Å². The van der Waals surface area contributed by atoms with E-state index in [1.807, 2.05) is 13.0 Å². The van der Waals surface area contributed by atoms with Gasteiger partial charge in [0.1, 0.15) is 5.69 Å². The van der Waals surface area contributed by atoms with Gasteiger partial charge in [0.2, 0.25) is 0 Å². The summed E-state index contributed by atoms with van der Waals surface area (Å²) in [6.07, 6.45) is 7.96. The number of aromatic nitrogens is 2. The summed E-state index contributed by atoms with van der Waals surface area (Å²) in [5.74, 6) is 1.15. The zero-order chi connectivity index (χ0) is 19.2. The van der Waals surface area contributed by atoms with E-state index in [0.29, 0.717) is 23.5 Å². The molecule has 0 aromatic carbocycles. The van der Waals surface area contributed by atoms with Crippen LogP contribution in [0.2, 0.25) is 0 Å². The van der Waals surface area contributed by atoms with Crippen LogP contribution in [-0.2, 0) is 6.61 Å². The van der Waals surface area contributed by atoms with Gasteiger partial charge < -0.3 is 15.7 Å². The molecule has 1 aliphatic heterocycles. The van der Waals surface area contributed by atoms with Gasteiger partial charge in [0.25, 0.3) is 0 Å². The number of hydrogen-bond acceptors (Lipinski definition) is 5. The minimum atomic E-state index is -0.127. The molecule has 2 rings (SSSR count). The van der Waals surface area contributed by atoms with Crippen molar-refractivity contribution in [3.63, 3.8) is 0 Å². The first kappa shape index (κ1) is 21.1. The smallest absolute Gasteiger partial charge is 0.153 e. The summed E-state index contributed by atoms with van der Waals surface area (Å²) in [7, 11) is 0. The number of piperidine rings is 1. The van der Waals surface area contributed by atoms with E-state index in [2.05, 4.69) is 23.7 Å². The topological polar surface area (TPSA) is 75.3 Å². The molecule has 0 atom stereocenters. The normalized spacial score (nSPS) is 17.6. The molecule has 26 heavy (non-hydrogen) atoms. The number of nitrogens with two attached hydrogens (primary N) is 1. The summed E-state index contributed by atoms with van der Waals surface area (Å²) in [6.45, 7) is 8.73. The fourth-order valence-corrected chi connectivity index (χ4v) is 4.30. The zero-order valence-electron chi connectivity index (χ0n) is 16.4. The monoisotopic (exact) mass is 380 g/mol. The molecule has 0 saturated carbocycles. The van der Waals surface area contributed by atoms with Crippen LogP contribution in [0, 0.1) is 12.3 Å². The van der Waals surface area contributed by atoms with Crippen LogP contribution in [0.15, 0.2) is 6.08 Å². The average Bonchev–Trinajstić information content (AvgIpc) is 2.67. The number of aliphatic hydroxyl groups excluding tert-OH is 1. The van der Waals surface area contributed by atoms with E-state index in [-0.39, 0.29) is 6.61 Å². The van der Waals surface area contributed by atoms with E-state index in [1.54, 1.807) is 0 Å². The van der Waals surface area contributed by atoms with Crippen LogP contribution in [0.1, 0.15) is 63.0 Å². The number of anilines is 1. The molecular formula is C20H33ClN4O. The van der Waals surface area contributed by atoms with Crippen LogP contribution in [-0.4, -0.2) is 40.6 Å². The minimum absolute atomic E-state index is 0.127. The third-order valence-electron chi connectivity index (χ3n) is 5.74. The van der Waals surface area contributed by atoms with Gasteiger partial charge in [-0.05, 0) is 37.2 Å². The van der Waals surface area contributed by atoms with E-state index >= 15 is 0 Å². The Morgan fingerprint density at radius 3 is 2.50 bits per heavy atom. The summed E-state index contributed by atoms with van der Waals surface area (Å²) < 4.78 is 0. The van der Waals surface area contributed by atoms with Crippen molar-refractivity contribution in [3.8, 4) is 0 Å². The standard InChI is InChI=1S/C20H33ClN4O/c1-4-7-20(5-2)8-11-25(12-9-20)19-17(14-26)24-18(15(3)23-19)16(13-21)6-10-22/h6,26H,4-5,7-14,22H2,1-3H3/b16-6+. The van der Waals surface area contributed by atoms with Crippen molar-refractivity contribution in [2.24, 2.45) is 11.1 Å². The van der Waals surface area contributed by atoms with Gasteiger partial charge in [0, 0.05) is 25.5 Å². The van der Waals surface area contributed by atoms with Crippen LogP contribution in [0.3, 0.4) is 0 Å². The maximum atomic E-state index is 9.88. The van der Waals surface area contributed by atoms with Gasteiger partial charge in [-0.2, -0.15) is 0 Å². The summed E-state index contributed by atoms with van der Waals surface area (Å²) in [6, 6.07) is 0. The van der Waals surface area contributed by atoms with Gasteiger partial charge in [-0.3, -0.25) is 0 Å². The molecule has 0 amide bonds. The second-order valence-electron chi connectivity index (χ2n) is 7.28. The Bertz CT molecular complexity index is 624. The molecule has 1 aromatic heterocycles. The number of alkyl halides is 1. The van der Waals surface area contributed by atoms with Crippen LogP contribution in [0.4, 0.5) is 5.82 Å². The van der Waals surface area contributed by atoms with Crippen molar-refractivity contribution in [2.45, 2.75) is 59.5 Å². The maximum absolute atomic E-state index is 9.88. The highest BCUT2D eigenvalue weighted by Gasteiger charge is 2.33. The third kappa shape index (κ3) is 4.56. The Hall–Kier alpha value is -1.17. The summed E-state index contributed by atoms with van der Waals surface area (Å²) in [5.41, 5.74) is 9.16. The zero-order valence-corrected chi connectivity index (χ0v) is 17.1. The number of nitrogens with zero attached hydrogens (tertiary/aromatic N) is 3. The SMILES string of the molecule is CCCC1(CC)CCN(c2nc(C)c(/C(=C/CN)CCl)nc2CO)CC1. The number of rotatable bonds is 8. The van der Waals surface area contributed by atoms with E-state index in [9.17, 15) is 5.11 Å². The van der Waals surface area contributed by atoms with Gasteiger partial charge in [0.15, 0.2) is 5.82 Å². The van der Waals surface area contributed by atoms with E-state index in [1.165, 1.54) is 32.1 Å². The van der Waals surface area contributed by atoms with Crippen molar-refractivity contribution < 1.29 is 5.11 Å². The summed E-state index contributed by atoms with van der Waals surface area (Å²) in [4.78, 5) is 11.8. The molecule has 0 unspecified atom stereocenters. The molecule has 1 aliphatic rings. The van der Waals surface area contributed by atoms with Crippen molar-refractivity contribution in [2.75, 3.05) is 30.4 Å². The van der Waals surface area contributed by atoms with Crippen molar-refractivity contribution in [1.29, 1.82) is 0 Å². The summed E-state index contributed by atoms with van der Waals surface area (Å²) >= 11 is 6.05. The number of hydrogen-bond donors (Lipinski definition) is 2. The van der Waals surface area contributed by atoms with Gasteiger partial charge >= 0.3 is 0 Å². The second kappa shape index (κ2) is 9.67. The predicted octanol–water partition coefficient (Wildman–Crippen LogP) is 3.65. The number of allylic oxidation sites excluding steroid dienone is 1. The van der Waals surface area contributed by atoms with Crippen LogP contribution in [0.5, 0.6) is 0 Å². The fraction of sp³-hybridized carbons (Fsp3) is 0.700. The largest absolute Gasteiger partial charge is 0.390 e. The molecule has 1 aromatic rings. The molecule has 1 saturated heterocycles. The molecule has 0 spiro atoms. The second-order valence-corrected chi connectivity index (χ2v) is 7.54. The van der Waals surface area contributed by atoms with Crippen LogP contribution < -0.4 is 10.6 Å². The Labute approximate surface area is 162 Å². The van der Waals surface area contributed by atoms with E-state index in [0.717, 1.165) is 35.9 Å². The van der Waals surface area contributed by atoms with Gasteiger partial charge in [-0.15, -0.1) is 11.6 Å². The van der Waals surface area contributed by atoms with Crippen molar-refractivity contribution in [3.05, 3.63) is 23.2 Å². The number of halogens is 1. The van der Waals surface area contributed by atoms with E-state index in [4.69, 9.17) is 22.3 Å². The Morgan fingerprint density at radius 1 is 1.31 bits per heavy atom. The lowest BCUT2D eigenvalue weighted by Crippen LogP contribution is -2.41. The molecular weight excluding hydrogens is 348 g/mol. The van der Waals surface area contributed by atoms with Crippen LogP contribution in [0.25, 0.3) is 5.57 Å². The quantitative estimate of drug-likeness (QED) is 0.673. The molecule has 146 valence electrons. The highest BCUT2D eigenvalue weighted by Crippen LogP contribution is 2.40. The minimum Gasteiger partial charge on any atom is -0.390 e. The Morgan fingerprint density at radius 2 is 2.00 bits per heavy atom. The first-order valence-corrected chi connectivity index (χ1v) is 10.3.